The fraction of sp³-hybridized carbons (Fsp3) is 0.261. The molecule has 2 saturated heterocycles. The Hall–Kier alpha value is -2.94. The Balaban J connectivity index is 1.44. The average molecular weight is 435 g/mol. The molecule has 0 spiro atoms. The molecule has 2 fully saturated rings. The Kier molecular flexibility index (Phi) is 5.35. The highest BCUT2D eigenvalue weighted by Crippen LogP contribution is 2.33. The zero-order valence-corrected chi connectivity index (χ0v) is 17.9. The third-order valence-electron chi connectivity index (χ3n) is 5.60. The van der Waals surface area contributed by atoms with Crippen molar-refractivity contribution in [3.63, 3.8) is 0 Å². The molecule has 0 saturated carbocycles. The Labute approximate surface area is 184 Å². The van der Waals surface area contributed by atoms with Crippen LogP contribution < -0.4 is 5.32 Å². The molecule has 0 radical (unpaired) electrons. The lowest BCUT2D eigenvalue weighted by atomic mass is 10.0. The van der Waals surface area contributed by atoms with Gasteiger partial charge in [0.25, 0.3) is 11.1 Å². The molecule has 2 aliphatic heterocycles. The number of pyridine rings is 1. The lowest BCUT2D eigenvalue weighted by Gasteiger charge is -2.32. The maximum Gasteiger partial charge on any atom is 0.290 e. The predicted molar refractivity (Wildman–Crippen MR) is 121 cm³/mol. The molecule has 0 bridgehead atoms. The highest BCUT2D eigenvalue weighted by molar-refractivity contribution is 8.18. The van der Waals surface area contributed by atoms with E-state index in [2.05, 4.69) is 51.4 Å². The lowest BCUT2D eigenvalue weighted by Crippen LogP contribution is -2.43. The molecular formula is C23H22N4O3S. The lowest BCUT2D eigenvalue weighted by molar-refractivity contribution is -0.115. The molecule has 8 heteroatoms. The number of piperazine rings is 1. The van der Waals surface area contributed by atoms with Gasteiger partial charge in [-0.3, -0.25) is 24.8 Å². The van der Waals surface area contributed by atoms with Crippen molar-refractivity contribution in [3.05, 3.63) is 59.0 Å². The minimum absolute atomic E-state index is 0.327. The fourth-order valence-electron chi connectivity index (χ4n) is 3.91. The second-order valence-electron chi connectivity index (χ2n) is 7.89. The van der Waals surface area contributed by atoms with Crippen LogP contribution in [0.2, 0.25) is 0 Å². The average Bonchev–Trinajstić information content (AvgIpc) is 3.31. The second kappa shape index (κ2) is 8.30. The van der Waals surface area contributed by atoms with E-state index in [9.17, 15) is 9.59 Å². The predicted octanol–water partition coefficient (Wildman–Crippen LogP) is 3.57. The number of nitrogens with one attached hydrogen (secondary N) is 1. The summed E-state index contributed by atoms with van der Waals surface area (Å²) in [7, 11) is 2.16. The van der Waals surface area contributed by atoms with Crippen molar-refractivity contribution >= 4 is 40.0 Å². The first-order valence-electron chi connectivity index (χ1n) is 10.2. The van der Waals surface area contributed by atoms with E-state index in [1.54, 1.807) is 18.5 Å². The largest absolute Gasteiger partial charge is 0.456 e. The van der Waals surface area contributed by atoms with Gasteiger partial charge in [-0.25, -0.2) is 0 Å². The van der Waals surface area contributed by atoms with Crippen LogP contribution in [0.4, 0.5) is 4.79 Å². The number of imide groups is 1. The first-order chi connectivity index (χ1) is 15.0. The molecule has 0 atom stereocenters. The standard InChI is InChI=1S/C23H22N4O3S/c1-26-5-7-27(8-6-26)14-15-3-2-4-16(9-15)19-13-24-12-17-10-18(30-21(17)19)11-20-22(28)25-23(29)31-20/h2-4,9-13H,5-8,14H2,1H3,(H,25,28,29)/b20-11-. The summed E-state index contributed by atoms with van der Waals surface area (Å²) >= 11 is 0.876. The number of fused-ring (bicyclic) bond motifs is 1. The molecule has 0 aliphatic carbocycles. The van der Waals surface area contributed by atoms with Crippen molar-refractivity contribution in [2.75, 3.05) is 33.2 Å². The van der Waals surface area contributed by atoms with Gasteiger partial charge < -0.3 is 9.32 Å². The minimum Gasteiger partial charge on any atom is -0.456 e. The number of thioether (sulfide) groups is 1. The molecule has 5 rings (SSSR count). The Morgan fingerprint density at radius 3 is 2.77 bits per heavy atom. The quantitative estimate of drug-likeness (QED) is 0.629. The fourth-order valence-corrected chi connectivity index (χ4v) is 4.57. The summed E-state index contributed by atoms with van der Waals surface area (Å²) in [6, 6.07) is 10.3. The normalized spacial score (nSPS) is 19.5. The van der Waals surface area contributed by atoms with Gasteiger partial charge in [-0.15, -0.1) is 0 Å². The number of hydrogen-bond acceptors (Lipinski definition) is 7. The number of amides is 2. The van der Waals surface area contributed by atoms with Crippen LogP contribution in [0.3, 0.4) is 0 Å². The van der Waals surface area contributed by atoms with E-state index in [0.29, 0.717) is 16.2 Å². The second-order valence-corrected chi connectivity index (χ2v) is 8.90. The van der Waals surface area contributed by atoms with E-state index in [1.165, 1.54) is 5.56 Å². The summed E-state index contributed by atoms with van der Waals surface area (Å²) in [5.74, 6) is 0.121. The van der Waals surface area contributed by atoms with Gasteiger partial charge in [0.1, 0.15) is 11.3 Å². The van der Waals surface area contributed by atoms with Crippen LogP contribution in [0.25, 0.3) is 28.2 Å². The number of nitrogens with zero attached hydrogens (tertiary/aromatic N) is 3. The number of hydrogen-bond donors (Lipinski definition) is 1. The van der Waals surface area contributed by atoms with Crippen LogP contribution in [0.1, 0.15) is 11.3 Å². The zero-order valence-electron chi connectivity index (χ0n) is 17.1. The Morgan fingerprint density at radius 1 is 1.16 bits per heavy atom. The van der Waals surface area contributed by atoms with E-state index in [1.807, 2.05) is 6.07 Å². The topological polar surface area (TPSA) is 78.7 Å². The van der Waals surface area contributed by atoms with E-state index < -0.39 is 5.91 Å². The molecule has 1 aromatic carbocycles. The number of carbonyl (C=O) groups is 2. The first-order valence-corrected chi connectivity index (χ1v) is 11.0. The summed E-state index contributed by atoms with van der Waals surface area (Å²) in [5.41, 5.74) is 3.92. The molecule has 158 valence electrons. The van der Waals surface area contributed by atoms with Crippen molar-refractivity contribution in [1.82, 2.24) is 20.1 Å². The molecule has 3 aromatic rings. The minimum atomic E-state index is -0.398. The molecule has 7 nitrogen and oxygen atoms in total. The van der Waals surface area contributed by atoms with Crippen LogP contribution in [0.15, 0.2) is 52.0 Å². The molecule has 31 heavy (non-hydrogen) atoms. The summed E-state index contributed by atoms with van der Waals surface area (Å²) in [6.07, 6.45) is 5.14. The molecule has 2 amide bonds. The smallest absolute Gasteiger partial charge is 0.290 e. The van der Waals surface area contributed by atoms with Crippen molar-refractivity contribution in [2.45, 2.75) is 6.54 Å². The van der Waals surface area contributed by atoms with Crippen molar-refractivity contribution in [3.8, 4) is 11.1 Å². The molecule has 1 N–H and O–H groups in total. The Morgan fingerprint density at radius 2 is 2.00 bits per heavy atom. The highest BCUT2D eigenvalue weighted by Gasteiger charge is 2.25. The van der Waals surface area contributed by atoms with Gasteiger partial charge in [0, 0.05) is 62.1 Å². The van der Waals surface area contributed by atoms with Gasteiger partial charge in [0.05, 0.1) is 4.91 Å². The monoisotopic (exact) mass is 434 g/mol. The number of furan rings is 1. The maximum absolute atomic E-state index is 11.8. The number of benzene rings is 1. The highest BCUT2D eigenvalue weighted by atomic mass is 32.2. The SMILES string of the molecule is CN1CCN(Cc2cccc(-c3cncc4cc(/C=C5\SC(=O)NC5=O)oc34)c2)CC1. The van der Waals surface area contributed by atoms with Gasteiger partial charge in [-0.2, -0.15) is 0 Å². The summed E-state index contributed by atoms with van der Waals surface area (Å²) in [4.78, 5) is 32.8. The van der Waals surface area contributed by atoms with Crippen molar-refractivity contribution < 1.29 is 14.0 Å². The van der Waals surface area contributed by atoms with Gasteiger partial charge in [-0.05, 0) is 42.1 Å². The van der Waals surface area contributed by atoms with Crippen LogP contribution >= 0.6 is 11.8 Å². The molecule has 2 aliphatic rings. The van der Waals surface area contributed by atoms with Crippen LogP contribution in [0, 0.1) is 0 Å². The zero-order chi connectivity index (χ0) is 21.4. The Bertz CT molecular complexity index is 1190. The molecule has 0 unspecified atom stereocenters. The third kappa shape index (κ3) is 4.27. The van der Waals surface area contributed by atoms with Gasteiger partial charge in [0.15, 0.2) is 0 Å². The van der Waals surface area contributed by atoms with Crippen molar-refractivity contribution in [2.24, 2.45) is 0 Å². The first kappa shape index (κ1) is 20.0. The van der Waals surface area contributed by atoms with E-state index in [4.69, 9.17) is 4.42 Å². The third-order valence-corrected chi connectivity index (χ3v) is 6.41. The van der Waals surface area contributed by atoms with Crippen LogP contribution in [0.5, 0.6) is 0 Å². The molecule has 2 aromatic heterocycles. The van der Waals surface area contributed by atoms with Crippen molar-refractivity contribution in [1.29, 1.82) is 0 Å². The number of likely N-dealkylation sites (N-methyl/N-ethyl adjacent to an activating group) is 1. The summed E-state index contributed by atoms with van der Waals surface area (Å²) < 4.78 is 6.06. The number of aromatic nitrogens is 1. The summed E-state index contributed by atoms with van der Waals surface area (Å²) in [6.45, 7) is 5.25. The molecule has 4 heterocycles. The van der Waals surface area contributed by atoms with E-state index >= 15 is 0 Å². The maximum atomic E-state index is 11.8. The van der Waals surface area contributed by atoms with E-state index in [-0.39, 0.29) is 5.24 Å². The van der Waals surface area contributed by atoms with Gasteiger partial charge >= 0.3 is 0 Å². The van der Waals surface area contributed by atoms with Crippen LogP contribution in [-0.2, 0) is 11.3 Å². The molecular weight excluding hydrogens is 412 g/mol. The van der Waals surface area contributed by atoms with Gasteiger partial charge in [0.2, 0.25) is 0 Å². The van der Waals surface area contributed by atoms with E-state index in [0.717, 1.165) is 61.0 Å². The summed E-state index contributed by atoms with van der Waals surface area (Å²) in [5, 5.41) is 2.74. The number of rotatable bonds is 4. The van der Waals surface area contributed by atoms with Gasteiger partial charge in [-0.1, -0.05) is 18.2 Å². The number of carbonyl (C=O) groups excluding carboxylic acids is 2. The van der Waals surface area contributed by atoms with Crippen LogP contribution in [-0.4, -0.2) is 59.2 Å².